The molecule has 2 aromatic rings. The number of ether oxygens (including phenoxy) is 1. The maximum Gasteiger partial charge on any atom is 0.187 e. The van der Waals surface area contributed by atoms with E-state index in [0.717, 1.165) is 24.4 Å². The Morgan fingerprint density at radius 3 is 2.33 bits per heavy atom. The van der Waals surface area contributed by atoms with Gasteiger partial charge in [0.25, 0.3) is 0 Å². The molecule has 2 aromatic carbocycles. The fourth-order valence-corrected chi connectivity index (χ4v) is 2.93. The van der Waals surface area contributed by atoms with E-state index in [0.29, 0.717) is 28.8 Å². The third-order valence-electron chi connectivity index (χ3n) is 3.89. The number of benzene rings is 2. The van der Waals surface area contributed by atoms with Gasteiger partial charge in [0.05, 0.1) is 23.3 Å². The van der Waals surface area contributed by atoms with E-state index in [4.69, 9.17) is 27.9 Å². The van der Waals surface area contributed by atoms with Crippen LogP contribution in [0, 0.1) is 0 Å². The minimum atomic E-state index is -0.0982. The molecule has 0 aromatic heterocycles. The van der Waals surface area contributed by atoms with Crippen molar-refractivity contribution in [2.24, 2.45) is 0 Å². The number of hydrogen-bond donors (Lipinski definition) is 0. The van der Waals surface area contributed by atoms with Crippen molar-refractivity contribution in [2.45, 2.75) is 0 Å². The summed E-state index contributed by atoms with van der Waals surface area (Å²) in [7, 11) is 0. The standard InChI is InChI=1S/C19H17Cl2NO2/c20-16-7-6-15(12-17(16)21)19(23)13-18(14-4-2-1-3-5-14)22-8-10-24-11-9-22/h1-7,12-13H,8-11H2/b18-13+. The Balaban J connectivity index is 1.95. The van der Waals surface area contributed by atoms with Crippen LogP contribution >= 0.6 is 23.2 Å². The molecule has 1 fully saturated rings. The van der Waals surface area contributed by atoms with Crippen LogP contribution in [-0.2, 0) is 4.74 Å². The fraction of sp³-hybridized carbons (Fsp3) is 0.211. The second kappa shape index (κ2) is 7.84. The highest BCUT2D eigenvalue weighted by Crippen LogP contribution is 2.25. The Morgan fingerprint density at radius 1 is 0.958 bits per heavy atom. The molecule has 0 atom stereocenters. The summed E-state index contributed by atoms with van der Waals surface area (Å²) in [4.78, 5) is 14.9. The second-order valence-electron chi connectivity index (χ2n) is 5.49. The summed E-state index contributed by atoms with van der Waals surface area (Å²) in [6, 6.07) is 14.8. The zero-order valence-electron chi connectivity index (χ0n) is 13.0. The van der Waals surface area contributed by atoms with E-state index in [2.05, 4.69) is 4.90 Å². The molecule has 0 spiro atoms. The summed E-state index contributed by atoms with van der Waals surface area (Å²) in [5.41, 5.74) is 2.42. The first kappa shape index (κ1) is 17.0. The average Bonchev–Trinajstić information content (AvgIpc) is 2.63. The SMILES string of the molecule is O=C(/C=C(\c1ccccc1)N1CCOCC1)c1ccc(Cl)c(Cl)c1. The lowest BCUT2D eigenvalue weighted by molar-refractivity contribution is 0.0637. The summed E-state index contributed by atoms with van der Waals surface area (Å²) in [6.45, 7) is 2.83. The number of allylic oxidation sites excluding steroid dienone is 1. The van der Waals surface area contributed by atoms with E-state index in [-0.39, 0.29) is 5.78 Å². The molecule has 3 nitrogen and oxygen atoms in total. The molecule has 0 amide bonds. The minimum absolute atomic E-state index is 0.0982. The first-order valence-corrected chi connectivity index (χ1v) is 8.50. The Labute approximate surface area is 151 Å². The van der Waals surface area contributed by atoms with Crippen LogP contribution in [0.25, 0.3) is 5.70 Å². The third kappa shape index (κ3) is 3.99. The molecule has 0 radical (unpaired) electrons. The summed E-state index contributed by atoms with van der Waals surface area (Å²) in [6.07, 6.45) is 1.67. The quantitative estimate of drug-likeness (QED) is 0.590. The van der Waals surface area contributed by atoms with Gasteiger partial charge >= 0.3 is 0 Å². The van der Waals surface area contributed by atoms with Crippen molar-refractivity contribution < 1.29 is 9.53 Å². The van der Waals surface area contributed by atoms with Crippen LogP contribution in [0.2, 0.25) is 10.0 Å². The smallest absolute Gasteiger partial charge is 0.187 e. The number of halogens is 2. The van der Waals surface area contributed by atoms with Gasteiger partial charge in [0.2, 0.25) is 0 Å². The maximum atomic E-state index is 12.7. The first-order valence-electron chi connectivity index (χ1n) is 7.74. The minimum Gasteiger partial charge on any atom is -0.378 e. The van der Waals surface area contributed by atoms with Gasteiger partial charge in [0.15, 0.2) is 5.78 Å². The van der Waals surface area contributed by atoms with Gasteiger partial charge < -0.3 is 9.64 Å². The zero-order chi connectivity index (χ0) is 16.9. The van der Waals surface area contributed by atoms with E-state index >= 15 is 0 Å². The summed E-state index contributed by atoms with van der Waals surface area (Å²) >= 11 is 12.0. The van der Waals surface area contributed by atoms with Gasteiger partial charge in [-0.05, 0) is 23.8 Å². The number of carbonyl (C=O) groups excluding carboxylic acids is 1. The van der Waals surface area contributed by atoms with Crippen molar-refractivity contribution in [3.05, 3.63) is 75.8 Å². The Morgan fingerprint density at radius 2 is 1.67 bits per heavy atom. The fourth-order valence-electron chi connectivity index (χ4n) is 2.63. The molecule has 0 aliphatic carbocycles. The molecule has 1 aliphatic heterocycles. The van der Waals surface area contributed by atoms with Gasteiger partial charge in [-0.25, -0.2) is 0 Å². The highest BCUT2D eigenvalue weighted by molar-refractivity contribution is 6.42. The number of morpholine rings is 1. The van der Waals surface area contributed by atoms with Crippen LogP contribution in [0.4, 0.5) is 0 Å². The molecular weight excluding hydrogens is 345 g/mol. The van der Waals surface area contributed by atoms with E-state index in [9.17, 15) is 4.79 Å². The van der Waals surface area contributed by atoms with Gasteiger partial charge in [-0.3, -0.25) is 4.79 Å². The van der Waals surface area contributed by atoms with Crippen molar-refractivity contribution >= 4 is 34.7 Å². The zero-order valence-corrected chi connectivity index (χ0v) is 14.6. The molecule has 0 N–H and O–H groups in total. The van der Waals surface area contributed by atoms with Crippen LogP contribution < -0.4 is 0 Å². The Hall–Kier alpha value is -1.81. The molecule has 124 valence electrons. The van der Waals surface area contributed by atoms with E-state index in [1.54, 1.807) is 24.3 Å². The van der Waals surface area contributed by atoms with Gasteiger partial charge in [-0.15, -0.1) is 0 Å². The Bertz CT molecular complexity index is 753. The van der Waals surface area contributed by atoms with Crippen molar-refractivity contribution in [2.75, 3.05) is 26.3 Å². The molecular formula is C19H17Cl2NO2. The van der Waals surface area contributed by atoms with Gasteiger partial charge in [0, 0.05) is 30.4 Å². The summed E-state index contributed by atoms with van der Waals surface area (Å²) in [5.74, 6) is -0.0982. The molecule has 0 unspecified atom stereocenters. The van der Waals surface area contributed by atoms with E-state index in [1.807, 2.05) is 30.3 Å². The van der Waals surface area contributed by atoms with Crippen LogP contribution in [0.1, 0.15) is 15.9 Å². The lowest BCUT2D eigenvalue weighted by atomic mass is 10.1. The predicted molar refractivity (Wildman–Crippen MR) is 97.6 cm³/mol. The predicted octanol–water partition coefficient (Wildman–Crippen LogP) is 4.55. The number of ketones is 1. The van der Waals surface area contributed by atoms with Crippen molar-refractivity contribution in [3.8, 4) is 0 Å². The largest absolute Gasteiger partial charge is 0.378 e. The van der Waals surface area contributed by atoms with Crippen molar-refractivity contribution in [1.82, 2.24) is 4.90 Å². The summed E-state index contributed by atoms with van der Waals surface area (Å²) in [5, 5.41) is 0.817. The lowest BCUT2D eigenvalue weighted by Gasteiger charge is -2.31. The summed E-state index contributed by atoms with van der Waals surface area (Å²) < 4.78 is 5.42. The second-order valence-corrected chi connectivity index (χ2v) is 6.30. The number of rotatable bonds is 4. The molecule has 3 rings (SSSR count). The average molecular weight is 362 g/mol. The highest BCUT2D eigenvalue weighted by atomic mass is 35.5. The van der Waals surface area contributed by atoms with Crippen LogP contribution in [0.15, 0.2) is 54.6 Å². The van der Waals surface area contributed by atoms with Crippen LogP contribution in [0.3, 0.4) is 0 Å². The normalized spacial score (nSPS) is 15.4. The molecule has 5 heteroatoms. The van der Waals surface area contributed by atoms with E-state index in [1.165, 1.54) is 0 Å². The first-order chi connectivity index (χ1) is 11.6. The molecule has 0 bridgehead atoms. The monoisotopic (exact) mass is 361 g/mol. The van der Waals surface area contributed by atoms with Gasteiger partial charge in [-0.1, -0.05) is 53.5 Å². The topological polar surface area (TPSA) is 29.5 Å². The van der Waals surface area contributed by atoms with Crippen molar-refractivity contribution in [3.63, 3.8) is 0 Å². The van der Waals surface area contributed by atoms with Gasteiger partial charge in [-0.2, -0.15) is 0 Å². The number of carbonyl (C=O) groups is 1. The number of nitrogens with zero attached hydrogens (tertiary/aromatic N) is 1. The Kier molecular flexibility index (Phi) is 5.56. The molecule has 24 heavy (non-hydrogen) atoms. The molecule has 1 heterocycles. The molecule has 0 saturated carbocycles. The molecule has 1 aliphatic rings. The number of hydrogen-bond acceptors (Lipinski definition) is 3. The highest BCUT2D eigenvalue weighted by Gasteiger charge is 2.17. The lowest BCUT2D eigenvalue weighted by Crippen LogP contribution is -2.35. The molecule has 1 saturated heterocycles. The van der Waals surface area contributed by atoms with Gasteiger partial charge in [0.1, 0.15) is 0 Å². The van der Waals surface area contributed by atoms with Crippen LogP contribution in [-0.4, -0.2) is 37.0 Å². The third-order valence-corrected chi connectivity index (χ3v) is 4.63. The van der Waals surface area contributed by atoms with E-state index < -0.39 is 0 Å². The van der Waals surface area contributed by atoms with Crippen LogP contribution in [0.5, 0.6) is 0 Å². The maximum absolute atomic E-state index is 12.7. The van der Waals surface area contributed by atoms with Crippen molar-refractivity contribution in [1.29, 1.82) is 0 Å².